The molecule has 88 valence electrons. The molecule has 3 rings (SSSR count). The Morgan fingerprint density at radius 3 is 2.67 bits per heavy atom. The summed E-state index contributed by atoms with van der Waals surface area (Å²) < 4.78 is 0. The minimum Gasteiger partial charge on any atom is -0.285 e. The minimum absolute atomic E-state index is 0.225. The van der Waals surface area contributed by atoms with Crippen molar-refractivity contribution in [2.24, 2.45) is 4.99 Å². The van der Waals surface area contributed by atoms with Gasteiger partial charge in [-0.1, -0.05) is 18.2 Å². The van der Waals surface area contributed by atoms with Gasteiger partial charge in [0.05, 0.1) is 10.9 Å². The van der Waals surface area contributed by atoms with Crippen LogP contribution in [0.15, 0.2) is 65.5 Å². The molecular formula is C14H10N2O2. The molecule has 0 atom stereocenters. The Kier molecular flexibility index (Phi) is 2.42. The summed E-state index contributed by atoms with van der Waals surface area (Å²) in [7, 11) is 0. The van der Waals surface area contributed by atoms with E-state index in [9.17, 15) is 4.79 Å². The van der Waals surface area contributed by atoms with Crippen molar-refractivity contribution < 1.29 is 10.0 Å². The number of hydrogen-bond acceptors (Lipinski definition) is 3. The van der Waals surface area contributed by atoms with Gasteiger partial charge in [-0.2, -0.15) is 0 Å². The fraction of sp³-hybridized carbons (Fsp3) is 0. The number of rotatable bonds is 1. The second-order valence-corrected chi connectivity index (χ2v) is 4.00. The number of nitrogens with zero attached hydrogens (tertiary/aromatic N) is 2. The molecule has 4 heteroatoms. The molecule has 18 heavy (non-hydrogen) atoms. The van der Waals surface area contributed by atoms with Gasteiger partial charge in [-0.15, -0.1) is 0 Å². The summed E-state index contributed by atoms with van der Waals surface area (Å²) in [5, 5.41) is 11.7. The highest BCUT2D eigenvalue weighted by molar-refractivity contribution is 6.19. The lowest BCUT2D eigenvalue weighted by Gasteiger charge is -2.09. The topological polar surface area (TPSA) is 52.9 Å². The van der Waals surface area contributed by atoms with E-state index < -0.39 is 0 Å². The standard InChI is InChI=1S/C14H10N2O2/c17-14-12(9-10-5-7-16(18)8-6-10)11-3-1-2-4-13(11)15-14/h1-9,18H. The van der Waals surface area contributed by atoms with E-state index >= 15 is 0 Å². The molecule has 4 nitrogen and oxygen atoms in total. The van der Waals surface area contributed by atoms with Gasteiger partial charge in [-0.05, 0) is 29.9 Å². The van der Waals surface area contributed by atoms with Crippen molar-refractivity contribution in [3.8, 4) is 0 Å². The van der Waals surface area contributed by atoms with E-state index in [2.05, 4.69) is 4.99 Å². The molecule has 0 saturated heterocycles. The van der Waals surface area contributed by atoms with Gasteiger partial charge in [0.25, 0.3) is 5.91 Å². The lowest BCUT2D eigenvalue weighted by atomic mass is 10.1. The van der Waals surface area contributed by atoms with Crippen molar-refractivity contribution in [3.05, 3.63) is 71.0 Å². The van der Waals surface area contributed by atoms with E-state index in [4.69, 9.17) is 5.21 Å². The van der Waals surface area contributed by atoms with Gasteiger partial charge < -0.3 is 0 Å². The average Bonchev–Trinajstić information content (AvgIpc) is 2.69. The molecule has 0 radical (unpaired) electrons. The van der Waals surface area contributed by atoms with E-state index in [1.165, 1.54) is 12.4 Å². The molecule has 1 N–H and O–H groups in total. The lowest BCUT2D eigenvalue weighted by Crippen LogP contribution is -2.21. The van der Waals surface area contributed by atoms with Crippen LogP contribution in [0, 0.1) is 0 Å². The lowest BCUT2D eigenvalue weighted by molar-refractivity contribution is -0.112. The molecule has 0 fully saturated rings. The third-order valence-electron chi connectivity index (χ3n) is 2.80. The molecule has 0 saturated carbocycles. The van der Waals surface area contributed by atoms with Crippen LogP contribution in [0.3, 0.4) is 0 Å². The Hall–Kier alpha value is -2.46. The van der Waals surface area contributed by atoms with Crippen LogP contribution in [0.5, 0.6) is 0 Å². The van der Waals surface area contributed by atoms with E-state index in [-0.39, 0.29) is 5.91 Å². The van der Waals surface area contributed by atoms with Crippen molar-refractivity contribution in [3.63, 3.8) is 0 Å². The number of allylic oxidation sites excluding steroid dienone is 3. The Balaban J connectivity index is 2.13. The van der Waals surface area contributed by atoms with E-state index in [1.807, 2.05) is 24.3 Å². The normalized spacial score (nSPS) is 16.9. The molecule has 0 unspecified atom stereocenters. The zero-order valence-electron chi connectivity index (χ0n) is 9.45. The highest BCUT2D eigenvalue weighted by Gasteiger charge is 2.14. The maximum atomic E-state index is 11.8. The Morgan fingerprint density at radius 1 is 1.17 bits per heavy atom. The zero-order valence-corrected chi connectivity index (χ0v) is 9.45. The first kappa shape index (κ1) is 10.7. The number of hydrogen-bond donors (Lipinski definition) is 1. The van der Waals surface area contributed by atoms with Gasteiger partial charge in [-0.3, -0.25) is 10.0 Å². The first-order valence-corrected chi connectivity index (χ1v) is 5.52. The van der Waals surface area contributed by atoms with Crippen LogP contribution in [0.2, 0.25) is 0 Å². The quantitative estimate of drug-likeness (QED) is 0.781. The van der Waals surface area contributed by atoms with Crippen LogP contribution < -0.4 is 10.6 Å². The molecule has 1 aromatic carbocycles. The average molecular weight is 238 g/mol. The number of para-hydroxylation sites is 1. The number of amides is 1. The second-order valence-electron chi connectivity index (χ2n) is 4.00. The van der Waals surface area contributed by atoms with Crippen molar-refractivity contribution in [1.29, 1.82) is 0 Å². The van der Waals surface area contributed by atoms with E-state index in [0.717, 1.165) is 15.9 Å². The maximum absolute atomic E-state index is 11.8. The second kappa shape index (κ2) is 4.09. The molecule has 0 aromatic heterocycles. The number of carbonyl (C=O) groups is 1. The molecule has 0 bridgehead atoms. The summed E-state index contributed by atoms with van der Waals surface area (Å²) in [6, 6.07) is 7.44. The maximum Gasteiger partial charge on any atom is 0.278 e. The minimum atomic E-state index is -0.225. The molecule has 2 aliphatic rings. The van der Waals surface area contributed by atoms with Crippen LogP contribution in [-0.4, -0.2) is 16.2 Å². The third kappa shape index (κ3) is 1.78. The van der Waals surface area contributed by atoms with E-state index in [0.29, 0.717) is 10.9 Å². The van der Waals surface area contributed by atoms with Crippen molar-refractivity contribution in [1.82, 2.24) is 5.06 Å². The Bertz CT molecular complexity index is 710. The molecule has 1 aromatic rings. The highest BCUT2D eigenvalue weighted by Crippen LogP contribution is 2.12. The van der Waals surface area contributed by atoms with Gasteiger partial charge in [0.2, 0.25) is 0 Å². The first-order valence-electron chi connectivity index (χ1n) is 5.52. The Labute approximate surface area is 103 Å². The SMILES string of the molecule is O=C1N=c2ccccc2=C1C=C1C=CN(O)C=C1. The van der Waals surface area contributed by atoms with Gasteiger partial charge in [0.1, 0.15) is 0 Å². The molecule has 1 amide bonds. The summed E-state index contributed by atoms with van der Waals surface area (Å²) in [6.45, 7) is 0. The van der Waals surface area contributed by atoms with Crippen LogP contribution in [0.4, 0.5) is 0 Å². The first-order chi connectivity index (χ1) is 8.74. The van der Waals surface area contributed by atoms with Crippen LogP contribution in [-0.2, 0) is 4.79 Å². The van der Waals surface area contributed by atoms with Crippen LogP contribution >= 0.6 is 0 Å². The van der Waals surface area contributed by atoms with Crippen molar-refractivity contribution >= 4 is 11.5 Å². The molecule has 2 heterocycles. The number of carbonyl (C=O) groups excluding carboxylic acids is 1. The number of hydroxylamine groups is 2. The summed E-state index contributed by atoms with van der Waals surface area (Å²) in [4.78, 5) is 15.8. The predicted octanol–water partition coefficient (Wildman–Crippen LogP) is 0.656. The van der Waals surface area contributed by atoms with Crippen LogP contribution in [0.25, 0.3) is 5.57 Å². The molecular weight excluding hydrogens is 228 g/mol. The van der Waals surface area contributed by atoms with Crippen molar-refractivity contribution in [2.75, 3.05) is 0 Å². The Morgan fingerprint density at radius 2 is 1.89 bits per heavy atom. The fourth-order valence-corrected chi connectivity index (χ4v) is 1.92. The molecule has 0 spiro atoms. The summed E-state index contributed by atoms with van der Waals surface area (Å²) in [5.74, 6) is -0.225. The largest absolute Gasteiger partial charge is 0.285 e. The fourth-order valence-electron chi connectivity index (χ4n) is 1.92. The zero-order chi connectivity index (χ0) is 12.5. The summed E-state index contributed by atoms with van der Waals surface area (Å²) in [5.41, 5.74) is 1.43. The third-order valence-corrected chi connectivity index (χ3v) is 2.80. The molecule has 2 aliphatic heterocycles. The highest BCUT2D eigenvalue weighted by atomic mass is 16.5. The predicted molar refractivity (Wildman–Crippen MR) is 65.6 cm³/mol. The van der Waals surface area contributed by atoms with E-state index in [1.54, 1.807) is 18.2 Å². The van der Waals surface area contributed by atoms with Crippen molar-refractivity contribution in [2.45, 2.75) is 0 Å². The monoisotopic (exact) mass is 238 g/mol. The smallest absolute Gasteiger partial charge is 0.278 e. The van der Waals surface area contributed by atoms with Crippen LogP contribution in [0.1, 0.15) is 0 Å². The molecule has 0 aliphatic carbocycles. The number of fused-ring (bicyclic) bond motifs is 1. The van der Waals surface area contributed by atoms with Gasteiger partial charge in [0.15, 0.2) is 0 Å². The number of benzene rings is 1. The summed E-state index contributed by atoms with van der Waals surface area (Å²) >= 11 is 0. The summed E-state index contributed by atoms with van der Waals surface area (Å²) in [6.07, 6.45) is 8.24. The van der Waals surface area contributed by atoms with Gasteiger partial charge >= 0.3 is 0 Å². The van der Waals surface area contributed by atoms with Gasteiger partial charge in [0, 0.05) is 17.6 Å². The van der Waals surface area contributed by atoms with Gasteiger partial charge in [-0.25, -0.2) is 10.1 Å².